The first-order valence-corrected chi connectivity index (χ1v) is 13.9. The van der Waals surface area contributed by atoms with Crippen molar-refractivity contribution in [2.45, 2.75) is 64.8 Å². The Morgan fingerprint density at radius 2 is 2.11 bits per heavy atom. The van der Waals surface area contributed by atoms with Gasteiger partial charge in [-0.25, -0.2) is 9.79 Å². The average molecular weight is 588 g/mol. The minimum absolute atomic E-state index is 0.0293. The maximum Gasteiger partial charge on any atom is 0.407 e. The zero-order valence-corrected chi connectivity index (χ0v) is 24.5. The number of alkyl carbamates (subject to hydrolysis) is 1. The molecule has 8 nitrogen and oxygen atoms in total. The topological polar surface area (TPSA) is 107 Å². The highest BCUT2D eigenvalue weighted by molar-refractivity contribution is 9.10. The summed E-state index contributed by atoms with van der Waals surface area (Å²) in [6.07, 6.45) is 4.70. The fourth-order valence-corrected chi connectivity index (χ4v) is 4.06. The summed E-state index contributed by atoms with van der Waals surface area (Å²) in [4.78, 5) is 17.7. The summed E-state index contributed by atoms with van der Waals surface area (Å²) in [5.74, 6) is -0.0198. The molecule has 11 heteroatoms. The van der Waals surface area contributed by atoms with Gasteiger partial charge in [-0.3, -0.25) is 0 Å². The van der Waals surface area contributed by atoms with E-state index >= 15 is 0 Å². The number of hydrogen-bond acceptors (Lipinski definition) is 8. The van der Waals surface area contributed by atoms with Gasteiger partial charge in [0.25, 0.3) is 0 Å². The number of aliphatic imine (C=N–C) groups is 1. The number of nitrogens with zero attached hydrogens (tertiary/aromatic N) is 3. The van der Waals surface area contributed by atoms with Crippen LogP contribution in [0.2, 0.25) is 0 Å². The number of likely N-dealkylation sites (N-methyl/N-ethyl adjacent to an activating group) is 1. The molecule has 0 saturated heterocycles. The first-order valence-electron chi connectivity index (χ1n) is 12.0. The minimum Gasteiger partial charge on any atom is -0.444 e. The van der Waals surface area contributed by atoms with Crippen LogP contribution >= 0.6 is 27.3 Å². The van der Waals surface area contributed by atoms with Crippen molar-refractivity contribution >= 4 is 50.9 Å². The molecule has 1 aliphatic rings. The molecule has 1 amide bonds. The van der Waals surface area contributed by atoms with Crippen LogP contribution in [-0.2, 0) is 4.74 Å². The molecule has 1 unspecified atom stereocenters. The van der Waals surface area contributed by atoms with E-state index in [9.17, 15) is 9.28 Å². The number of nitrogens with two attached hydrogens (primary N) is 1. The molecule has 1 atom stereocenters. The smallest absolute Gasteiger partial charge is 0.407 e. The molecular formula is C25H40BrFN6O2S. The highest BCUT2D eigenvalue weighted by Crippen LogP contribution is 2.28. The van der Waals surface area contributed by atoms with Gasteiger partial charge in [0.15, 0.2) is 5.82 Å². The van der Waals surface area contributed by atoms with Gasteiger partial charge in [-0.1, -0.05) is 40.7 Å². The Hall–Kier alpha value is -2.24. The second-order valence-corrected chi connectivity index (χ2v) is 10.9. The average Bonchev–Trinajstić information content (AvgIpc) is 3.31. The molecule has 4 N–H and O–H groups in total. The lowest BCUT2D eigenvalue weighted by molar-refractivity contribution is 0.0522. The third-order valence-corrected chi connectivity index (χ3v) is 6.61. The molecule has 0 spiro atoms. The Bertz CT molecular complexity index is 927. The minimum atomic E-state index is -0.420. The number of carbonyl (C=O) groups is 1. The predicted molar refractivity (Wildman–Crippen MR) is 152 cm³/mol. The normalized spacial score (nSPS) is 17.4. The van der Waals surface area contributed by atoms with Crippen LogP contribution in [0.5, 0.6) is 0 Å². The van der Waals surface area contributed by atoms with Gasteiger partial charge in [0, 0.05) is 30.6 Å². The maximum absolute atomic E-state index is 14.2. The lowest BCUT2D eigenvalue weighted by atomic mass is 10.1. The number of amides is 1. The lowest BCUT2D eigenvalue weighted by Crippen LogP contribution is -2.38. The maximum atomic E-state index is 14.2. The van der Waals surface area contributed by atoms with Crippen LogP contribution in [0, 0.1) is 5.41 Å². The molecule has 1 aromatic rings. The van der Waals surface area contributed by atoms with E-state index in [0.29, 0.717) is 23.0 Å². The van der Waals surface area contributed by atoms with E-state index in [1.807, 2.05) is 37.6 Å². The van der Waals surface area contributed by atoms with Gasteiger partial charge in [-0.2, -0.15) is 11.3 Å². The third-order valence-electron chi connectivity index (χ3n) is 5.00. The van der Waals surface area contributed by atoms with Gasteiger partial charge in [-0.15, -0.1) is 5.12 Å². The molecule has 0 aliphatic carbocycles. The first kappa shape index (κ1) is 31.8. The van der Waals surface area contributed by atoms with Gasteiger partial charge in [0.1, 0.15) is 11.4 Å². The summed E-state index contributed by atoms with van der Waals surface area (Å²) in [6.45, 7) is 15.4. The number of carbonyl (C=O) groups excluding carboxylic acids is 1. The van der Waals surface area contributed by atoms with Crippen LogP contribution in [-0.4, -0.2) is 64.6 Å². The first-order chi connectivity index (χ1) is 16.9. The molecule has 0 radical (unpaired) electrons. The summed E-state index contributed by atoms with van der Waals surface area (Å²) < 4.78 is 19.4. The largest absolute Gasteiger partial charge is 0.444 e. The highest BCUT2D eigenvalue weighted by Gasteiger charge is 2.23. The summed E-state index contributed by atoms with van der Waals surface area (Å²) >= 11 is 4.83. The zero-order chi connectivity index (χ0) is 27.3. The standard InChI is InChI=1S/C13H28N2O2.C12H12BrFN4S/c1-6-8-10-15(7-2)11-9-14-12(16)17-13(3,4)5;1-7-10(13)4-11(16)18(14)12(17-7)9(5-15)8-2-3-19-6-8/h6-11H2,1-5H3,(H,14,16);2-6,10,15H,16H2,1H3/b;12-9-,15-5?. The van der Waals surface area contributed by atoms with Crippen LogP contribution in [0.25, 0.3) is 5.57 Å². The number of nitrogens with one attached hydrogen (secondary N) is 2. The summed E-state index contributed by atoms with van der Waals surface area (Å²) in [5, 5.41) is 14.3. The zero-order valence-electron chi connectivity index (χ0n) is 22.1. The Kier molecular flexibility index (Phi) is 13.9. The van der Waals surface area contributed by atoms with Gasteiger partial charge in [0.2, 0.25) is 0 Å². The van der Waals surface area contributed by atoms with Crippen LogP contribution in [0.3, 0.4) is 0 Å². The molecule has 0 bridgehead atoms. The van der Waals surface area contributed by atoms with E-state index in [1.54, 1.807) is 6.92 Å². The van der Waals surface area contributed by atoms with Crippen molar-refractivity contribution in [3.05, 3.63) is 40.1 Å². The van der Waals surface area contributed by atoms with E-state index in [-0.39, 0.29) is 22.6 Å². The van der Waals surface area contributed by atoms with E-state index in [1.165, 1.54) is 30.3 Å². The molecule has 2 rings (SSSR count). The Morgan fingerprint density at radius 1 is 1.42 bits per heavy atom. The molecule has 2 heterocycles. The van der Waals surface area contributed by atoms with E-state index in [0.717, 1.165) is 31.4 Å². The van der Waals surface area contributed by atoms with Gasteiger partial charge < -0.3 is 26.1 Å². The van der Waals surface area contributed by atoms with Crippen LogP contribution in [0.4, 0.5) is 9.28 Å². The summed E-state index contributed by atoms with van der Waals surface area (Å²) in [6, 6.07) is 1.81. The van der Waals surface area contributed by atoms with Gasteiger partial charge >= 0.3 is 6.09 Å². The second kappa shape index (κ2) is 15.8. The van der Waals surface area contributed by atoms with Gasteiger partial charge in [0.05, 0.1) is 4.83 Å². The van der Waals surface area contributed by atoms with Crippen LogP contribution in [0.15, 0.2) is 39.5 Å². The van der Waals surface area contributed by atoms with E-state index in [4.69, 9.17) is 15.9 Å². The number of alkyl halides is 1. The quantitative estimate of drug-likeness (QED) is 0.189. The Balaban J connectivity index is 0.000000363. The summed E-state index contributed by atoms with van der Waals surface area (Å²) in [5.41, 5.74) is 7.06. The monoisotopic (exact) mass is 586 g/mol. The summed E-state index contributed by atoms with van der Waals surface area (Å²) in [7, 11) is 0. The van der Waals surface area contributed by atoms with Crippen molar-refractivity contribution < 1.29 is 14.0 Å². The fraction of sp³-hybridized carbons (Fsp3) is 0.560. The highest BCUT2D eigenvalue weighted by atomic mass is 79.9. The molecule has 36 heavy (non-hydrogen) atoms. The number of thiophene rings is 1. The SMILES string of the molecule is CC1=N/C(=C(\C=N)c2ccsc2)N(F)C(N)=CC1Br.CCCCN(CC)CCNC(=O)OC(C)(C)C. The second-order valence-electron chi connectivity index (χ2n) is 9.14. The van der Waals surface area contributed by atoms with Crippen molar-refractivity contribution in [3.8, 4) is 0 Å². The third kappa shape index (κ3) is 11.2. The molecular weight excluding hydrogens is 547 g/mol. The van der Waals surface area contributed by atoms with Crippen molar-refractivity contribution in [1.82, 2.24) is 15.3 Å². The molecule has 0 saturated carbocycles. The lowest BCUT2D eigenvalue weighted by Gasteiger charge is -2.22. The van der Waals surface area contributed by atoms with Crippen LogP contribution < -0.4 is 11.1 Å². The number of halogens is 2. The van der Waals surface area contributed by atoms with Crippen molar-refractivity contribution in [2.24, 2.45) is 10.7 Å². The fourth-order valence-electron chi connectivity index (χ4n) is 3.03. The van der Waals surface area contributed by atoms with Crippen molar-refractivity contribution in [3.63, 3.8) is 0 Å². The molecule has 0 aromatic carbocycles. The number of rotatable bonds is 9. The van der Waals surface area contributed by atoms with Crippen molar-refractivity contribution in [2.75, 3.05) is 26.2 Å². The van der Waals surface area contributed by atoms with E-state index in [2.05, 4.69) is 45.0 Å². The van der Waals surface area contributed by atoms with Crippen molar-refractivity contribution in [1.29, 1.82) is 5.41 Å². The number of unbranched alkanes of at least 4 members (excludes halogenated alkanes) is 1. The predicted octanol–water partition coefficient (Wildman–Crippen LogP) is 5.92. The number of ether oxygens (including phenoxy) is 1. The molecule has 1 aromatic heterocycles. The van der Waals surface area contributed by atoms with Crippen LogP contribution in [0.1, 0.15) is 59.9 Å². The molecule has 1 aliphatic heterocycles. The van der Waals surface area contributed by atoms with Gasteiger partial charge in [-0.05, 0) is 75.7 Å². The Labute approximate surface area is 227 Å². The molecule has 202 valence electrons. The molecule has 0 fully saturated rings. The number of hydrogen-bond donors (Lipinski definition) is 3. The van der Waals surface area contributed by atoms with E-state index < -0.39 is 5.60 Å². The Morgan fingerprint density at radius 3 is 2.64 bits per heavy atom. The number of allylic oxidation sites excluding steroid dienone is 2.